The second-order valence-corrected chi connectivity index (χ2v) is 6.22. The topological polar surface area (TPSA) is 54.6 Å². The van der Waals surface area contributed by atoms with Crippen molar-refractivity contribution in [1.29, 1.82) is 0 Å². The summed E-state index contributed by atoms with van der Waals surface area (Å²) in [5.74, 6) is 1.43. The Kier molecular flexibility index (Phi) is 4.64. The molecular formula is C17H18N2O3S. The van der Waals surface area contributed by atoms with Gasteiger partial charge in [-0.2, -0.15) is 0 Å². The summed E-state index contributed by atoms with van der Waals surface area (Å²) in [7, 11) is 0. The molecule has 0 unspecified atom stereocenters. The van der Waals surface area contributed by atoms with Crippen molar-refractivity contribution < 1.29 is 9.47 Å². The maximum atomic E-state index is 11.9. The second kappa shape index (κ2) is 6.85. The summed E-state index contributed by atoms with van der Waals surface area (Å²) in [5, 5.41) is 0. The normalized spacial score (nSPS) is 12.6. The Hall–Kier alpha value is -2.31. The standard InChI is InChI=1S/C17H18N2O3S/c1-3-7-19(8-4-2)10-15-16(18-17(20)23-15)12-5-6-13-14(9-12)22-11-21-13/h3-6,9H,1-2,7-8,10-11H2,(H,18,20). The molecule has 23 heavy (non-hydrogen) atoms. The van der Waals surface area contributed by atoms with Crippen molar-refractivity contribution in [2.24, 2.45) is 0 Å². The number of fused-ring (bicyclic) bond motifs is 1. The number of H-pyrrole nitrogens is 1. The van der Waals surface area contributed by atoms with Crippen molar-refractivity contribution in [3.63, 3.8) is 0 Å². The van der Waals surface area contributed by atoms with Gasteiger partial charge in [-0.3, -0.25) is 9.69 Å². The van der Waals surface area contributed by atoms with Crippen molar-refractivity contribution >= 4 is 11.3 Å². The van der Waals surface area contributed by atoms with Crippen LogP contribution in [0.5, 0.6) is 11.5 Å². The lowest BCUT2D eigenvalue weighted by Gasteiger charge is -2.18. The average Bonchev–Trinajstić information content (AvgIpc) is 3.13. The van der Waals surface area contributed by atoms with Crippen LogP contribution in [0.4, 0.5) is 0 Å². The predicted octanol–water partition coefficient (Wildman–Crippen LogP) is 3.01. The van der Waals surface area contributed by atoms with E-state index in [-0.39, 0.29) is 11.7 Å². The van der Waals surface area contributed by atoms with Gasteiger partial charge in [0.05, 0.1) is 5.69 Å². The number of benzene rings is 1. The maximum Gasteiger partial charge on any atom is 0.305 e. The Labute approximate surface area is 138 Å². The molecule has 0 aliphatic carbocycles. The number of thiazole rings is 1. The number of ether oxygens (including phenoxy) is 2. The number of hydrogen-bond acceptors (Lipinski definition) is 5. The minimum atomic E-state index is -0.0650. The van der Waals surface area contributed by atoms with Gasteiger partial charge in [-0.05, 0) is 18.2 Å². The highest BCUT2D eigenvalue weighted by Gasteiger charge is 2.18. The Morgan fingerprint density at radius 1 is 1.22 bits per heavy atom. The van der Waals surface area contributed by atoms with Crippen molar-refractivity contribution in [2.45, 2.75) is 6.54 Å². The SMILES string of the molecule is C=CCN(CC=C)Cc1sc(=O)[nH]c1-c1ccc2c(c1)OCO2. The number of nitrogens with zero attached hydrogens (tertiary/aromatic N) is 1. The van der Waals surface area contributed by atoms with Crippen molar-refractivity contribution in [3.05, 3.63) is 58.1 Å². The largest absolute Gasteiger partial charge is 0.454 e. The van der Waals surface area contributed by atoms with Crippen molar-refractivity contribution in [1.82, 2.24) is 9.88 Å². The molecule has 0 radical (unpaired) electrons. The lowest BCUT2D eigenvalue weighted by Crippen LogP contribution is -2.23. The first-order valence-electron chi connectivity index (χ1n) is 7.27. The first-order chi connectivity index (χ1) is 11.2. The molecule has 1 aromatic heterocycles. The third-order valence-electron chi connectivity index (χ3n) is 3.52. The van der Waals surface area contributed by atoms with Gasteiger partial charge in [-0.15, -0.1) is 13.2 Å². The molecule has 0 saturated heterocycles. The van der Waals surface area contributed by atoms with E-state index in [2.05, 4.69) is 23.0 Å². The van der Waals surface area contributed by atoms with Crippen LogP contribution in [-0.2, 0) is 6.54 Å². The van der Waals surface area contributed by atoms with E-state index in [1.807, 2.05) is 30.4 Å². The molecule has 1 N–H and O–H groups in total. The molecule has 1 aliphatic heterocycles. The minimum absolute atomic E-state index is 0.0650. The van der Waals surface area contributed by atoms with Crippen LogP contribution in [0, 0.1) is 0 Å². The molecule has 0 fully saturated rings. The third-order valence-corrected chi connectivity index (χ3v) is 4.39. The second-order valence-electron chi connectivity index (χ2n) is 5.15. The lowest BCUT2D eigenvalue weighted by molar-refractivity contribution is 0.174. The van der Waals surface area contributed by atoms with Gasteiger partial charge in [-0.25, -0.2) is 0 Å². The van der Waals surface area contributed by atoms with Gasteiger partial charge in [0.1, 0.15) is 0 Å². The van der Waals surface area contributed by atoms with Crippen molar-refractivity contribution in [2.75, 3.05) is 19.9 Å². The fraction of sp³-hybridized carbons (Fsp3) is 0.235. The molecular weight excluding hydrogens is 312 g/mol. The number of hydrogen-bond donors (Lipinski definition) is 1. The third kappa shape index (κ3) is 3.38. The summed E-state index contributed by atoms with van der Waals surface area (Å²) in [6.07, 6.45) is 3.69. The van der Waals surface area contributed by atoms with Crippen LogP contribution in [0.1, 0.15) is 4.88 Å². The fourth-order valence-corrected chi connectivity index (χ4v) is 3.42. The van der Waals surface area contributed by atoms with E-state index in [0.717, 1.165) is 35.0 Å². The van der Waals surface area contributed by atoms with Gasteiger partial charge in [0, 0.05) is 30.1 Å². The summed E-state index contributed by atoms with van der Waals surface area (Å²) in [6.45, 7) is 9.92. The van der Waals surface area contributed by atoms with Crippen LogP contribution in [0.15, 0.2) is 48.3 Å². The zero-order valence-corrected chi connectivity index (χ0v) is 13.5. The first-order valence-corrected chi connectivity index (χ1v) is 8.09. The number of aromatic amines is 1. The number of rotatable bonds is 7. The van der Waals surface area contributed by atoms with Crippen LogP contribution in [-0.4, -0.2) is 29.8 Å². The summed E-state index contributed by atoms with van der Waals surface area (Å²) in [5.41, 5.74) is 1.75. The summed E-state index contributed by atoms with van der Waals surface area (Å²) in [6, 6.07) is 5.69. The molecule has 1 aliphatic rings. The van der Waals surface area contributed by atoms with Crippen LogP contribution < -0.4 is 14.3 Å². The van der Waals surface area contributed by atoms with Gasteiger partial charge in [0.25, 0.3) is 0 Å². The fourth-order valence-electron chi connectivity index (χ4n) is 2.53. The van der Waals surface area contributed by atoms with Crippen LogP contribution >= 0.6 is 11.3 Å². The summed E-state index contributed by atoms with van der Waals surface area (Å²) < 4.78 is 10.7. The molecule has 120 valence electrons. The first kappa shape index (κ1) is 15.6. The lowest BCUT2D eigenvalue weighted by atomic mass is 10.1. The Balaban J connectivity index is 1.92. The molecule has 0 bridgehead atoms. The molecule has 0 atom stereocenters. The van der Waals surface area contributed by atoms with Crippen LogP contribution in [0.25, 0.3) is 11.3 Å². The molecule has 0 amide bonds. The van der Waals surface area contributed by atoms with E-state index < -0.39 is 0 Å². The number of nitrogens with one attached hydrogen (secondary N) is 1. The molecule has 0 spiro atoms. The summed E-state index contributed by atoms with van der Waals surface area (Å²) >= 11 is 1.23. The molecule has 2 aromatic rings. The van der Waals surface area contributed by atoms with Crippen molar-refractivity contribution in [3.8, 4) is 22.8 Å². The van der Waals surface area contributed by atoms with E-state index in [1.165, 1.54) is 11.3 Å². The highest BCUT2D eigenvalue weighted by molar-refractivity contribution is 7.09. The molecule has 5 nitrogen and oxygen atoms in total. The van der Waals surface area contributed by atoms with Gasteiger partial charge in [-0.1, -0.05) is 23.5 Å². The number of aromatic nitrogens is 1. The zero-order chi connectivity index (χ0) is 16.2. The molecule has 1 aromatic carbocycles. The molecule has 2 heterocycles. The smallest absolute Gasteiger partial charge is 0.305 e. The van der Waals surface area contributed by atoms with Gasteiger partial charge >= 0.3 is 4.87 Å². The van der Waals surface area contributed by atoms with Crippen LogP contribution in [0.3, 0.4) is 0 Å². The van der Waals surface area contributed by atoms with E-state index in [1.54, 1.807) is 0 Å². The molecule has 6 heteroatoms. The van der Waals surface area contributed by atoms with E-state index >= 15 is 0 Å². The van der Waals surface area contributed by atoms with E-state index in [9.17, 15) is 4.79 Å². The van der Waals surface area contributed by atoms with Crippen LogP contribution in [0.2, 0.25) is 0 Å². The predicted molar refractivity (Wildman–Crippen MR) is 92.2 cm³/mol. The molecule has 0 saturated carbocycles. The quantitative estimate of drug-likeness (QED) is 0.793. The monoisotopic (exact) mass is 330 g/mol. The highest BCUT2D eigenvalue weighted by Crippen LogP contribution is 2.36. The van der Waals surface area contributed by atoms with Gasteiger partial charge < -0.3 is 14.5 Å². The highest BCUT2D eigenvalue weighted by atomic mass is 32.1. The average molecular weight is 330 g/mol. The Morgan fingerprint density at radius 2 is 1.96 bits per heavy atom. The summed E-state index contributed by atoms with van der Waals surface area (Å²) in [4.78, 5) is 17.9. The van der Waals surface area contributed by atoms with Gasteiger partial charge in [0.15, 0.2) is 11.5 Å². The Bertz CT molecular complexity index is 768. The van der Waals surface area contributed by atoms with Gasteiger partial charge in [0.2, 0.25) is 6.79 Å². The molecule has 3 rings (SSSR count). The van der Waals surface area contributed by atoms with E-state index in [0.29, 0.717) is 12.3 Å². The minimum Gasteiger partial charge on any atom is -0.454 e. The Morgan fingerprint density at radius 3 is 2.70 bits per heavy atom. The van der Waals surface area contributed by atoms with E-state index in [4.69, 9.17) is 9.47 Å². The zero-order valence-electron chi connectivity index (χ0n) is 12.7. The maximum absolute atomic E-state index is 11.9.